The van der Waals surface area contributed by atoms with Crippen LogP contribution in [0.15, 0.2) is 24.3 Å². The molecule has 2 rings (SSSR count). The van der Waals surface area contributed by atoms with E-state index in [1.165, 1.54) is 11.3 Å². The maximum atomic E-state index is 12.1. The van der Waals surface area contributed by atoms with Crippen molar-refractivity contribution in [2.45, 2.75) is 33.6 Å². The van der Waals surface area contributed by atoms with Gasteiger partial charge in [0, 0.05) is 6.42 Å². The molecule has 0 amide bonds. The summed E-state index contributed by atoms with van der Waals surface area (Å²) in [6.07, 6.45) is 1.44. The zero-order valence-corrected chi connectivity index (χ0v) is 14.0. The summed E-state index contributed by atoms with van der Waals surface area (Å²) >= 11 is 1.43. The van der Waals surface area contributed by atoms with Crippen LogP contribution in [0.5, 0.6) is 5.75 Å². The quantitative estimate of drug-likeness (QED) is 0.727. The van der Waals surface area contributed by atoms with Gasteiger partial charge in [0.1, 0.15) is 10.6 Å². The summed E-state index contributed by atoms with van der Waals surface area (Å²) in [5, 5.41) is 0.962. The Morgan fingerprint density at radius 1 is 1.14 bits per heavy atom. The second kappa shape index (κ2) is 7.94. The number of hydrogen-bond donors (Lipinski definition) is 0. The molecule has 0 saturated carbocycles. The monoisotopic (exact) mass is 319 g/mol. The Morgan fingerprint density at radius 3 is 2.45 bits per heavy atom. The van der Waals surface area contributed by atoms with Crippen LogP contribution in [-0.4, -0.2) is 24.2 Å². The molecular formula is C17H21NO3S. The van der Waals surface area contributed by atoms with Crippen molar-refractivity contribution in [2.24, 2.45) is 0 Å². The molecule has 0 aliphatic heterocycles. The number of rotatable bonds is 7. The Morgan fingerprint density at radius 2 is 1.86 bits per heavy atom. The maximum Gasteiger partial charge on any atom is 0.350 e. The molecule has 0 radical (unpaired) electrons. The number of aromatic nitrogens is 1. The first-order valence-electron chi connectivity index (χ1n) is 7.55. The first-order valence-corrected chi connectivity index (χ1v) is 8.37. The Kier molecular flexibility index (Phi) is 5.95. The second-order valence-electron chi connectivity index (χ2n) is 4.71. The lowest BCUT2D eigenvalue weighted by Crippen LogP contribution is -2.06. The van der Waals surface area contributed by atoms with E-state index in [0.29, 0.717) is 24.5 Å². The highest BCUT2D eigenvalue weighted by Crippen LogP contribution is 2.24. The maximum absolute atomic E-state index is 12.1. The minimum atomic E-state index is -0.277. The van der Waals surface area contributed by atoms with Crippen molar-refractivity contribution in [1.29, 1.82) is 0 Å². The first-order chi connectivity index (χ1) is 10.7. The number of carbonyl (C=O) groups is 1. The van der Waals surface area contributed by atoms with Crippen LogP contribution in [0.4, 0.5) is 0 Å². The number of hydrogen-bond acceptors (Lipinski definition) is 5. The number of benzene rings is 1. The van der Waals surface area contributed by atoms with Gasteiger partial charge in [0.05, 0.1) is 23.9 Å². The van der Waals surface area contributed by atoms with Gasteiger partial charge in [-0.2, -0.15) is 0 Å². The van der Waals surface area contributed by atoms with E-state index < -0.39 is 0 Å². The SMILES string of the molecule is CCOC(=O)c1sc(CC)nc1Cc1ccc(OCC)cc1. The van der Waals surface area contributed by atoms with E-state index in [-0.39, 0.29) is 5.97 Å². The molecule has 0 saturated heterocycles. The molecule has 2 aromatic rings. The molecule has 1 aromatic heterocycles. The Hall–Kier alpha value is -1.88. The molecule has 5 heteroatoms. The predicted molar refractivity (Wildman–Crippen MR) is 87.9 cm³/mol. The van der Waals surface area contributed by atoms with Crippen molar-refractivity contribution in [3.05, 3.63) is 45.4 Å². The number of carbonyl (C=O) groups excluding carboxylic acids is 1. The van der Waals surface area contributed by atoms with Gasteiger partial charge in [-0.3, -0.25) is 0 Å². The van der Waals surface area contributed by atoms with Gasteiger partial charge in [0.15, 0.2) is 0 Å². The zero-order chi connectivity index (χ0) is 15.9. The fourth-order valence-electron chi connectivity index (χ4n) is 2.09. The number of thiazole rings is 1. The Bertz CT molecular complexity index is 619. The lowest BCUT2D eigenvalue weighted by atomic mass is 10.1. The largest absolute Gasteiger partial charge is 0.494 e. The molecule has 4 nitrogen and oxygen atoms in total. The minimum absolute atomic E-state index is 0.277. The van der Waals surface area contributed by atoms with E-state index in [2.05, 4.69) is 4.98 Å². The van der Waals surface area contributed by atoms with Crippen molar-refractivity contribution in [2.75, 3.05) is 13.2 Å². The summed E-state index contributed by atoms with van der Waals surface area (Å²) in [6, 6.07) is 7.89. The van der Waals surface area contributed by atoms with Crippen molar-refractivity contribution < 1.29 is 14.3 Å². The fourth-order valence-corrected chi connectivity index (χ4v) is 3.01. The van der Waals surface area contributed by atoms with E-state index in [1.54, 1.807) is 0 Å². The average molecular weight is 319 g/mol. The van der Waals surface area contributed by atoms with Crippen LogP contribution in [0.3, 0.4) is 0 Å². The predicted octanol–water partition coefficient (Wildman–Crippen LogP) is 3.87. The molecular weight excluding hydrogens is 298 g/mol. The molecule has 1 aromatic carbocycles. The highest BCUT2D eigenvalue weighted by Gasteiger charge is 2.18. The molecule has 1 heterocycles. The zero-order valence-electron chi connectivity index (χ0n) is 13.2. The van der Waals surface area contributed by atoms with Gasteiger partial charge >= 0.3 is 5.97 Å². The summed E-state index contributed by atoms with van der Waals surface area (Å²) in [5.41, 5.74) is 1.89. The lowest BCUT2D eigenvalue weighted by Gasteiger charge is -2.05. The summed E-state index contributed by atoms with van der Waals surface area (Å²) in [6.45, 7) is 6.83. The van der Waals surface area contributed by atoms with E-state index >= 15 is 0 Å². The molecule has 118 valence electrons. The molecule has 0 spiro atoms. The van der Waals surface area contributed by atoms with Crippen molar-refractivity contribution >= 4 is 17.3 Å². The van der Waals surface area contributed by atoms with E-state index in [0.717, 1.165) is 28.4 Å². The van der Waals surface area contributed by atoms with E-state index in [1.807, 2.05) is 45.0 Å². The molecule has 0 atom stereocenters. The molecule has 0 N–H and O–H groups in total. The minimum Gasteiger partial charge on any atom is -0.494 e. The average Bonchev–Trinajstić information content (AvgIpc) is 2.93. The smallest absolute Gasteiger partial charge is 0.350 e. The van der Waals surface area contributed by atoms with Gasteiger partial charge in [-0.05, 0) is 38.0 Å². The van der Waals surface area contributed by atoms with Crippen LogP contribution in [0.2, 0.25) is 0 Å². The van der Waals surface area contributed by atoms with Crippen LogP contribution in [0.25, 0.3) is 0 Å². The Balaban J connectivity index is 2.20. The third-order valence-corrected chi connectivity index (χ3v) is 4.33. The Labute approximate surface area is 135 Å². The van der Waals surface area contributed by atoms with E-state index in [4.69, 9.17) is 9.47 Å². The molecule has 0 aliphatic carbocycles. The summed E-state index contributed by atoms with van der Waals surface area (Å²) in [5.74, 6) is 0.574. The van der Waals surface area contributed by atoms with Gasteiger partial charge in [-0.1, -0.05) is 19.1 Å². The van der Waals surface area contributed by atoms with Crippen molar-refractivity contribution in [3.63, 3.8) is 0 Å². The highest BCUT2D eigenvalue weighted by molar-refractivity contribution is 7.13. The fraction of sp³-hybridized carbons (Fsp3) is 0.412. The van der Waals surface area contributed by atoms with Gasteiger partial charge in [-0.25, -0.2) is 9.78 Å². The van der Waals surface area contributed by atoms with Crippen molar-refractivity contribution in [1.82, 2.24) is 4.98 Å². The third kappa shape index (κ3) is 4.07. The number of ether oxygens (including phenoxy) is 2. The van der Waals surface area contributed by atoms with Crippen LogP contribution in [-0.2, 0) is 17.6 Å². The normalized spacial score (nSPS) is 10.5. The molecule has 22 heavy (non-hydrogen) atoms. The number of esters is 1. The first kappa shape index (κ1) is 16.5. The molecule has 0 bridgehead atoms. The summed E-state index contributed by atoms with van der Waals surface area (Å²) in [4.78, 5) is 17.2. The van der Waals surface area contributed by atoms with Gasteiger partial charge in [0.2, 0.25) is 0 Å². The van der Waals surface area contributed by atoms with Crippen molar-refractivity contribution in [3.8, 4) is 5.75 Å². The van der Waals surface area contributed by atoms with Gasteiger partial charge in [-0.15, -0.1) is 11.3 Å². The number of aryl methyl sites for hydroxylation is 1. The molecule has 0 unspecified atom stereocenters. The molecule has 0 aliphatic rings. The number of nitrogens with zero attached hydrogens (tertiary/aromatic N) is 1. The van der Waals surface area contributed by atoms with Crippen LogP contribution in [0, 0.1) is 0 Å². The topological polar surface area (TPSA) is 48.4 Å². The summed E-state index contributed by atoms with van der Waals surface area (Å²) in [7, 11) is 0. The lowest BCUT2D eigenvalue weighted by molar-refractivity contribution is 0.0530. The summed E-state index contributed by atoms with van der Waals surface area (Å²) < 4.78 is 10.6. The van der Waals surface area contributed by atoms with E-state index in [9.17, 15) is 4.79 Å². The van der Waals surface area contributed by atoms with Crippen LogP contribution in [0.1, 0.15) is 46.7 Å². The standard InChI is InChI=1S/C17H21NO3S/c1-4-15-18-14(16(22-15)17(19)21-6-3)11-12-7-9-13(10-8-12)20-5-2/h7-10H,4-6,11H2,1-3H3. The van der Waals surface area contributed by atoms with Gasteiger partial charge in [0.25, 0.3) is 0 Å². The van der Waals surface area contributed by atoms with Crippen LogP contribution >= 0.6 is 11.3 Å². The third-order valence-electron chi connectivity index (χ3n) is 3.11. The second-order valence-corrected chi connectivity index (χ2v) is 5.79. The molecule has 0 fully saturated rings. The highest BCUT2D eigenvalue weighted by atomic mass is 32.1. The van der Waals surface area contributed by atoms with Crippen LogP contribution < -0.4 is 4.74 Å². The van der Waals surface area contributed by atoms with Gasteiger partial charge < -0.3 is 9.47 Å².